The van der Waals surface area contributed by atoms with Crippen LogP contribution < -0.4 is 11.1 Å². The fourth-order valence-corrected chi connectivity index (χ4v) is 2.19. The van der Waals surface area contributed by atoms with Crippen LogP contribution in [0.5, 0.6) is 0 Å². The summed E-state index contributed by atoms with van der Waals surface area (Å²) >= 11 is 0. The quantitative estimate of drug-likeness (QED) is 0.444. The van der Waals surface area contributed by atoms with Gasteiger partial charge in [0.25, 0.3) is 0 Å². The molecule has 3 N–H and O–H groups in total. The molecule has 18 heavy (non-hydrogen) atoms. The van der Waals surface area contributed by atoms with Crippen molar-refractivity contribution in [1.29, 1.82) is 0 Å². The van der Waals surface area contributed by atoms with E-state index in [0.29, 0.717) is 18.0 Å². The Balaban J connectivity index is 0.00000289. The van der Waals surface area contributed by atoms with Gasteiger partial charge in [-0.3, -0.25) is 9.89 Å². The molecule has 1 heterocycles. The minimum atomic E-state index is 0. The second kappa shape index (κ2) is 9.83. The Morgan fingerprint density at radius 2 is 2.22 bits per heavy atom. The van der Waals surface area contributed by atoms with Crippen molar-refractivity contribution in [2.24, 2.45) is 10.7 Å². The van der Waals surface area contributed by atoms with Crippen LogP contribution in [0.2, 0.25) is 0 Å². The van der Waals surface area contributed by atoms with Gasteiger partial charge in [-0.05, 0) is 39.7 Å². The zero-order valence-electron chi connectivity index (χ0n) is 12.0. The third-order valence-corrected chi connectivity index (χ3v) is 3.62. The molecule has 4 nitrogen and oxygen atoms in total. The normalized spacial score (nSPS) is 23.3. The Morgan fingerprint density at radius 3 is 2.83 bits per heavy atom. The summed E-state index contributed by atoms with van der Waals surface area (Å²) in [5.74, 6) is 0.587. The van der Waals surface area contributed by atoms with Crippen LogP contribution in [0.25, 0.3) is 0 Å². The fraction of sp³-hybridized carbons (Fsp3) is 0.923. The molecule has 0 spiro atoms. The number of rotatable bonds is 5. The van der Waals surface area contributed by atoms with E-state index in [4.69, 9.17) is 5.73 Å². The van der Waals surface area contributed by atoms with Gasteiger partial charge in [0.15, 0.2) is 5.96 Å². The summed E-state index contributed by atoms with van der Waals surface area (Å²) in [7, 11) is 0. The van der Waals surface area contributed by atoms with E-state index in [1.165, 1.54) is 25.8 Å². The molecule has 2 unspecified atom stereocenters. The van der Waals surface area contributed by atoms with Gasteiger partial charge >= 0.3 is 0 Å². The minimum absolute atomic E-state index is 0. The Kier molecular flexibility index (Phi) is 9.81. The number of nitrogens with zero attached hydrogens (tertiary/aromatic N) is 2. The van der Waals surface area contributed by atoms with Crippen molar-refractivity contribution in [1.82, 2.24) is 10.2 Å². The van der Waals surface area contributed by atoms with E-state index in [1.807, 2.05) is 0 Å². The SMILES string of the molecule is CCC(C)NC(N)=NCCN1CCCCC1C.I. The van der Waals surface area contributed by atoms with E-state index in [2.05, 4.69) is 36.0 Å². The molecule has 0 aromatic carbocycles. The number of aliphatic imine (C=N–C) groups is 1. The Hall–Kier alpha value is -0.0400. The van der Waals surface area contributed by atoms with Crippen LogP contribution in [0.15, 0.2) is 4.99 Å². The predicted molar refractivity (Wildman–Crippen MR) is 89.7 cm³/mol. The lowest BCUT2D eigenvalue weighted by Gasteiger charge is -2.32. The third-order valence-electron chi connectivity index (χ3n) is 3.62. The average molecular weight is 368 g/mol. The van der Waals surface area contributed by atoms with E-state index < -0.39 is 0 Å². The van der Waals surface area contributed by atoms with Crippen LogP contribution in [0.3, 0.4) is 0 Å². The predicted octanol–water partition coefficient (Wildman–Crippen LogP) is 2.18. The number of hydrogen-bond donors (Lipinski definition) is 2. The van der Waals surface area contributed by atoms with Gasteiger partial charge in [0.2, 0.25) is 0 Å². The highest BCUT2D eigenvalue weighted by Crippen LogP contribution is 2.15. The molecule has 0 aliphatic carbocycles. The Bertz CT molecular complexity index is 245. The second-order valence-corrected chi connectivity index (χ2v) is 5.10. The average Bonchev–Trinajstić information content (AvgIpc) is 2.31. The first-order valence-corrected chi connectivity index (χ1v) is 6.94. The van der Waals surface area contributed by atoms with Crippen LogP contribution in [-0.2, 0) is 0 Å². The van der Waals surface area contributed by atoms with Crippen molar-refractivity contribution in [2.45, 2.75) is 58.5 Å². The molecule has 0 radical (unpaired) electrons. The van der Waals surface area contributed by atoms with Gasteiger partial charge in [0.05, 0.1) is 6.54 Å². The molecule has 108 valence electrons. The third kappa shape index (κ3) is 6.78. The summed E-state index contributed by atoms with van der Waals surface area (Å²) in [4.78, 5) is 6.90. The van der Waals surface area contributed by atoms with Crippen molar-refractivity contribution in [3.8, 4) is 0 Å². The summed E-state index contributed by atoms with van der Waals surface area (Å²) in [6.07, 6.45) is 5.09. The van der Waals surface area contributed by atoms with Crippen molar-refractivity contribution >= 4 is 29.9 Å². The lowest BCUT2D eigenvalue weighted by Crippen LogP contribution is -2.41. The molecular formula is C13H29IN4. The van der Waals surface area contributed by atoms with Crippen LogP contribution in [0.4, 0.5) is 0 Å². The molecule has 1 saturated heterocycles. The van der Waals surface area contributed by atoms with Crippen LogP contribution in [0.1, 0.15) is 46.5 Å². The molecule has 1 aliphatic rings. The summed E-state index contributed by atoms with van der Waals surface area (Å²) in [5.41, 5.74) is 5.82. The highest BCUT2D eigenvalue weighted by molar-refractivity contribution is 14.0. The molecule has 0 saturated carbocycles. The Labute approximate surface area is 129 Å². The maximum absolute atomic E-state index is 5.82. The molecule has 2 atom stereocenters. The zero-order valence-corrected chi connectivity index (χ0v) is 14.3. The van der Waals surface area contributed by atoms with Crippen molar-refractivity contribution in [3.63, 3.8) is 0 Å². The monoisotopic (exact) mass is 368 g/mol. The zero-order chi connectivity index (χ0) is 12.7. The summed E-state index contributed by atoms with van der Waals surface area (Å²) in [5, 5.41) is 3.19. The minimum Gasteiger partial charge on any atom is -0.370 e. The lowest BCUT2D eigenvalue weighted by atomic mass is 10.0. The van der Waals surface area contributed by atoms with E-state index in [-0.39, 0.29) is 24.0 Å². The lowest BCUT2D eigenvalue weighted by molar-refractivity contribution is 0.166. The first kappa shape index (κ1) is 18.0. The van der Waals surface area contributed by atoms with Gasteiger partial charge < -0.3 is 11.1 Å². The number of halogens is 1. The van der Waals surface area contributed by atoms with E-state index in [9.17, 15) is 0 Å². The van der Waals surface area contributed by atoms with Crippen molar-refractivity contribution in [2.75, 3.05) is 19.6 Å². The van der Waals surface area contributed by atoms with Gasteiger partial charge in [-0.1, -0.05) is 13.3 Å². The molecule has 0 aromatic rings. The number of piperidine rings is 1. The highest BCUT2D eigenvalue weighted by Gasteiger charge is 2.16. The van der Waals surface area contributed by atoms with Gasteiger partial charge in [0.1, 0.15) is 0 Å². The first-order chi connectivity index (χ1) is 8.13. The van der Waals surface area contributed by atoms with Crippen LogP contribution in [-0.4, -0.2) is 42.6 Å². The largest absolute Gasteiger partial charge is 0.370 e. The number of hydrogen-bond acceptors (Lipinski definition) is 2. The number of nitrogens with two attached hydrogens (primary N) is 1. The Morgan fingerprint density at radius 1 is 1.50 bits per heavy atom. The molecule has 1 rings (SSSR count). The number of guanidine groups is 1. The van der Waals surface area contributed by atoms with Crippen LogP contribution >= 0.6 is 24.0 Å². The molecule has 0 bridgehead atoms. The first-order valence-electron chi connectivity index (χ1n) is 6.94. The molecule has 1 fully saturated rings. The van der Waals surface area contributed by atoms with E-state index in [0.717, 1.165) is 19.5 Å². The second-order valence-electron chi connectivity index (χ2n) is 5.10. The smallest absolute Gasteiger partial charge is 0.188 e. The topological polar surface area (TPSA) is 53.6 Å². The molecule has 0 aromatic heterocycles. The summed E-state index contributed by atoms with van der Waals surface area (Å²) in [6.45, 7) is 9.62. The molecule has 0 amide bonds. The van der Waals surface area contributed by atoms with Gasteiger partial charge in [0, 0.05) is 18.6 Å². The maximum atomic E-state index is 5.82. The van der Waals surface area contributed by atoms with Crippen molar-refractivity contribution in [3.05, 3.63) is 0 Å². The summed E-state index contributed by atoms with van der Waals surface area (Å²) < 4.78 is 0. The van der Waals surface area contributed by atoms with Crippen molar-refractivity contribution < 1.29 is 0 Å². The highest BCUT2D eigenvalue weighted by atomic mass is 127. The molecular weight excluding hydrogens is 339 g/mol. The summed E-state index contributed by atoms with van der Waals surface area (Å²) in [6, 6.07) is 1.12. The standard InChI is InChI=1S/C13H28N4.HI/c1-4-11(2)16-13(14)15-8-10-17-9-6-5-7-12(17)3;/h11-12H,4-10H2,1-3H3,(H3,14,15,16);1H. The number of nitrogens with one attached hydrogen (secondary N) is 1. The van der Waals surface area contributed by atoms with Crippen LogP contribution in [0, 0.1) is 0 Å². The van der Waals surface area contributed by atoms with Gasteiger partial charge in [-0.25, -0.2) is 0 Å². The number of likely N-dealkylation sites (tertiary alicyclic amines) is 1. The molecule has 5 heteroatoms. The van der Waals surface area contributed by atoms with Gasteiger partial charge in [-0.15, -0.1) is 24.0 Å². The van der Waals surface area contributed by atoms with Gasteiger partial charge in [-0.2, -0.15) is 0 Å². The molecule has 1 aliphatic heterocycles. The van der Waals surface area contributed by atoms with E-state index in [1.54, 1.807) is 0 Å². The van der Waals surface area contributed by atoms with E-state index >= 15 is 0 Å². The maximum Gasteiger partial charge on any atom is 0.188 e. The fourth-order valence-electron chi connectivity index (χ4n) is 2.19.